The molecule has 9 nitrogen and oxygen atoms in total. The Hall–Kier alpha value is -3.04. The number of carbonyl (C=O) groups excluding carboxylic acids is 1. The molecule has 2 N–H and O–H groups in total. The average molecular weight is 388 g/mol. The van der Waals surface area contributed by atoms with Crippen molar-refractivity contribution < 1.29 is 19.1 Å². The first kappa shape index (κ1) is 18.3. The molecular formula is C18H21FN6O3. The SMILES string of the molecule is CC1CC(C(=O)O)CN(C(=O)Nc2ccc(F)c(-n3nnnc3C3CC3)c2)C1. The molecule has 2 amide bonds. The van der Waals surface area contributed by atoms with Crippen molar-refractivity contribution in [1.82, 2.24) is 25.1 Å². The first-order chi connectivity index (χ1) is 13.4. The van der Waals surface area contributed by atoms with E-state index in [0.717, 1.165) is 12.8 Å². The number of hydrogen-bond donors (Lipinski definition) is 2. The Bertz CT molecular complexity index is 912. The Morgan fingerprint density at radius 1 is 1.29 bits per heavy atom. The van der Waals surface area contributed by atoms with Gasteiger partial charge < -0.3 is 15.3 Å². The zero-order valence-electron chi connectivity index (χ0n) is 15.4. The number of likely N-dealkylation sites (tertiary alicyclic amines) is 1. The normalized spacial score (nSPS) is 22.1. The third-order valence-corrected chi connectivity index (χ3v) is 5.16. The van der Waals surface area contributed by atoms with Crippen LogP contribution in [0, 0.1) is 17.7 Å². The van der Waals surface area contributed by atoms with Crippen LogP contribution in [-0.2, 0) is 4.79 Å². The fourth-order valence-corrected chi connectivity index (χ4v) is 3.61. The lowest BCUT2D eigenvalue weighted by Crippen LogP contribution is -2.47. The Kier molecular flexibility index (Phi) is 4.70. The number of piperidine rings is 1. The Balaban J connectivity index is 1.53. The Morgan fingerprint density at radius 2 is 2.07 bits per heavy atom. The number of tetrazole rings is 1. The topological polar surface area (TPSA) is 113 Å². The van der Waals surface area contributed by atoms with Gasteiger partial charge in [0, 0.05) is 24.7 Å². The predicted molar refractivity (Wildman–Crippen MR) is 96.6 cm³/mol. The van der Waals surface area contributed by atoms with Crippen LogP contribution in [0.25, 0.3) is 5.69 Å². The van der Waals surface area contributed by atoms with Crippen molar-refractivity contribution >= 4 is 17.7 Å². The number of amides is 2. The number of anilines is 1. The highest BCUT2D eigenvalue weighted by atomic mass is 19.1. The molecule has 0 bridgehead atoms. The quantitative estimate of drug-likeness (QED) is 0.831. The first-order valence-corrected chi connectivity index (χ1v) is 9.29. The van der Waals surface area contributed by atoms with Crippen molar-refractivity contribution in [3.8, 4) is 5.69 Å². The number of carboxylic acid groups (broad SMARTS) is 1. The van der Waals surface area contributed by atoms with Gasteiger partial charge in [0.2, 0.25) is 0 Å². The maximum absolute atomic E-state index is 14.4. The van der Waals surface area contributed by atoms with Gasteiger partial charge in [0.25, 0.3) is 0 Å². The number of aromatic nitrogens is 4. The molecule has 10 heteroatoms. The van der Waals surface area contributed by atoms with E-state index in [9.17, 15) is 19.1 Å². The highest BCUT2D eigenvalue weighted by molar-refractivity contribution is 5.90. The van der Waals surface area contributed by atoms with Crippen molar-refractivity contribution in [2.24, 2.45) is 11.8 Å². The zero-order valence-corrected chi connectivity index (χ0v) is 15.4. The largest absolute Gasteiger partial charge is 0.481 e. The van der Waals surface area contributed by atoms with Crippen LogP contribution in [0.2, 0.25) is 0 Å². The fourth-order valence-electron chi connectivity index (χ4n) is 3.61. The second-order valence-electron chi connectivity index (χ2n) is 7.60. The summed E-state index contributed by atoms with van der Waals surface area (Å²) in [5.41, 5.74) is 0.559. The summed E-state index contributed by atoms with van der Waals surface area (Å²) in [6.45, 7) is 2.55. The summed E-state index contributed by atoms with van der Waals surface area (Å²) >= 11 is 0. The summed E-state index contributed by atoms with van der Waals surface area (Å²) in [6.07, 6.45) is 2.48. The summed E-state index contributed by atoms with van der Waals surface area (Å²) in [4.78, 5) is 25.4. The molecule has 2 atom stereocenters. The van der Waals surface area contributed by atoms with Gasteiger partial charge in [0.1, 0.15) is 11.5 Å². The number of carboxylic acids is 1. The molecule has 1 aliphatic heterocycles. The lowest BCUT2D eigenvalue weighted by atomic mass is 9.91. The smallest absolute Gasteiger partial charge is 0.321 e. The lowest BCUT2D eigenvalue weighted by Gasteiger charge is -2.34. The molecule has 4 rings (SSSR count). The van der Waals surface area contributed by atoms with E-state index in [2.05, 4.69) is 20.8 Å². The average Bonchev–Trinajstić information content (AvgIpc) is 3.39. The van der Waals surface area contributed by atoms with Gasteiger partial charge in [-0.1, -0.05) is 6.92 Å². The molecule has 1 saturated heterocycles. The van der Waals surface area contributed by atoms with Gasteiger partial charge in [-0.2, -0.15) is 4.68 Å². The fraction of sp³-hybridized carbons (Fsp3) is 0.500. The summed E-state index contributed by atoms with van der Waals surface area (Å²) < 4.78 is 15.7. The summed E-state index contributed by atoms with van der Waals surface area (Å²) in [6, 6.07) is 3.79. The van der Waals surface area contributed by atoms with Crippen molar-refractivity contribution in [3.63, 3.8) is 0 Å². The van der Waals surface area contributed by atoms with Crippen molar-refractivity contribution in [2.45, 2.75) is 32.1 Å². The molecule has 0 spiro atoms. The van der Waals surface area contributed by atoms with Gasteiger partial charge in [-0.05, 0) is 53.8 Å². The van der Waals surface area contributed by atoms with Gasteiger partial charge in [0.05, 0.1) is 5.92 Å². The van der Waals surface area contributed by atoms with Crippen LogP contribution < -0.4 is 5.32 Å². The number of halogens is 1. The van der Waals surface area contributed by atoms with Crippen LogP contribution in [0.1, 0.15) is 37.9 Å². The van der Waals surface area contributed by atoms with E-state index in [1.54, 1.807) is 0 Å². The van der Waals surface area contributed by atoms with Crippen LogP contribution in [0.3, 0.4) is 0 Å². The minimum Gasteiger partial charge on any atom is -0.481 e. The van der Waals surface area contributed by atoms with E-state index in [1.165, 1.54) is 27.8 Å². The molecule has 1 saturated carbocycles. The highest BCUT2D eigenvalue weighted by Gasteiger charge is 2.33. The van der Waals surface area contributed by atoms with E-state index in [0.29, 0.717) is 24.5 Å². The molecule has 1 aromatic heterocycles. The summed E-state index contributed by atoms with van der Waals surface area (Å²) in [5, 5.41) is 23.5. The van der Waals surface area contributed by atoms with Crippen molar-refractivity contribution in [2.75, 3.05) is 18.4 Å². The second-order valence-corrected chi connectivity index (χ2v) is 7.60. The zero-order chi connectivity index (χ0) is 19.8. The highest BCUT2D eigenvalue weighted by Crippen LogP contribution is 2.39. The number of benzene rings is 1. The van der Waals surface area contributed by atoms with Crippen LogP contribution in [0.4, 0.5) is 14.9 Å². The van der Waals surface area contributed by atoms with E-state index < -0.39 is 23.7 Å². The monoisotopic (exact) mass is 388 g/mol. The van der Waals surface area contributed by atoms with Gasteiger partial charge >= 0.3 is 12.0 Å². The predicted octanol–water partition coefficient (Wildman–Crippen LogP) is 2.25. The number of nitrogens with one attached hydrogen (secondary N) is 1. The standard InChI is InChI=1S/C18H21FN6O3/c1-10-6-12(17(26)27)9-24(8-10)18(28)20-13-4-5-14(19)15(7-13)25-16(11-2-3-11)21-22-23-25/h4-5,7,10-12H,2-3,6,8-9H2,1H3,(H,20,28)(H,26,27). The number of aliphatic carboxylic acids is 1. The maximum Gasteiger partial charge on any atom is 0.321 e. The van der Waals surface area contributed by atoms with E-state index >= 15 is 0 Å². The van der Waals surface area contributed by atoms with Crippen molar-refractivity contribution in [1.29, 1.82) is 0 Å². The van der Waals surface area contributed by atoms with Gasteiger partial charge in [-0.3, -0.25) is 4.79 Å². The Labute approximate surface area is 160 Å². The summed E-state index contributed by atoms with van der Waals surface area (Å²) in [5.74, 6) is -1.05. The molecule has 148 valence electrons. The first-order valence-electron chi connectivity index (χ1n) is 9.29. The lowest BCUT2D eigenvalue weighted by molar-refractivity contribution is -0.143. The second kappa shape index (κ2) is 7.17. The summed E-state index contributed by atoms with van der Waals surface area (Å²) in [7, 11) is 0. The molecule has 28 heavy (non-hydrogen) atoms. The van der Waals surface area contributed by atoms with Gasteiger partial charge in [0.15, 0.2) is 5.82 Å². The van der Waals surface area contributed by atoms with E-state index in [1.807, 2.05) is 6.92 Å². The molecule has 2 aromatic rings. The minimum absolute atomic E-state index is 0.0895. The Morgan fingerprint density at radius 3 is 2.79 bits per heavy atom. The van der Waals surface area contributed by atoms with E-state index in [-0.39, 0.29) is 24.1 Å². The number of carbonyl (C=O) groups is 2. The van der Waals surface area contributed by atoms with Gasteiger partial charge in [-0.25, -0.2) is 9.18 Å². The maximum atomic E-state index is 14.4. The molecule has 1 aromatic carbocycles. The molecule has 2 heterocycles. The van der Waals surface area contributed by atoms with Crippen LogP contribution >= 0.6 is 0 Å². The molecule has 1 aliphatic carbocycles. The minimum atomic E-state index is -0.903. The van der Waals surface area contributed by atoms with E-state index in [4.69, 9.17) is 0 Å². The molecule has 2 aliphatic rings. The third kappa shape index (κ3) is 3.67. The van der Waals surface area contributed by atoms with Crippen molar-refractivity contribution in [3.05, 3.63) is 29.8 Å². The number of urea groups is 1. The number of nitrogens with zero attached hydrogens (tertiary/aromatic N) is 5. The van der Waals surface area contributed by atoms with Gasteiger partial charge in [-0.15, -0.1) is 5.10 Å². The molecule has 2 unspecified atom stereocenters. The van der Waals surface area contributed by atoms with Crippen LogP contribution in [0.15, 0.2) is 18.2 Å². The van der Waals surface area contributed by atoms with Crippen LogP contribution in [0.5, 0.6) is 0 Å². The molecule has 0 radical (unpaired) electrons. The van der Waals surface area contributed by atoms with Crippen LogP contribution in [-0.4, -0.2) is 55.3 Å². The number of rotatable bonds is 4. The molecular weight excluding hydrogens is 367 g/mol. The number of hydrogen-bond acceptors (Lipinski definition) is 5. The third-order valence-electron chi connectivity index (χ3n) is 5.16. The molecule has 2 fully saturated rings.